The van der Waals surface area contributed by atoms with E-state index in [9.17, 15) is 4.79 Å². The number of carbonyl (C=O) groups excluding carboxylic acids is 1. The van der Waals surface area contributed by atoms with Crippen molar-refractivity contribution in [2.45, 2.75) is 20.1 Å². The first-order valence-electron chi connectivity index (χ1n) is 6.99. The molecule has 0 unspecified atom stereocenters. The van der Waals surface area contributed by atoms with Crippen molar-refractivity contribution in [3.8, 4) is 0 Å². The molecule has 0 radical (unpaired) electrons. The van der Waals surface area contributed by atoms with Crippen molar-refractivity contribution in [3.05, 3.63) is 24.0 Å². The molecule has 0 saturated carbocycles. The lowest BCUT2D eigenvalue weighted by atomic mass is 10.4. The summed E-state index contributed by atoms with van der Waals surface area (Å²) in [5.41, 5.74) is 0.936. The van der Waals surface area contributed by atoms with E-state index in [-0.39, 0.29) is 6.61 Å². The molecule has 0 aliphatic carbocycles. The van der Waals surface area contributed by atoms with E-state index in [1.807, 2.05) is 0 Å². The number of hydrogen-bond donors (Lipinski definition) is 0. The van der Waals surface area contributed by atoms with Gasteiger partial charge in [-0.25, -0.2) is 9.48 Å². The molecule has 8 heteroatoms. The molecule has 1 aromatic rings. The van der Waals surface area contributed by atoms with E-state index >= 15 is 0 Å². The van der Waals surface area contributed by atoms with Gasteiger partial charge in [0.2, 0.25) is 0 Å². The highest BCUT2D eigenvalue weighted by Gasteiger charge is 2.06. The van der Waals surface area contributed by atoms with Gasteiger partial charge in [0.05, 0.1) is 45.8 Å². The fraction of sp³-hybridized carbons (Fsp3) is 0.643. The molecule has 0 N–H and O–H groups in total. The fourth-order valence-electron chi connectivity index (χ4n) is 1.40. The van der Waals surface area contributed by atoms with Gasteiger partial charge in [-0.05, 0) is 6.92 Å². The fourth-order valence-corrected chi connectivity index (χ4v) is 1.40. The Balaban J connectivity index is 2.09. The van der Waals surface area contributed by atoms with Gasteiger partial charge in [-0.1, -0.05) is 11.8 Å². The molecule has 0 amide bonds. The van der Waals surface area contributed by atoms with Crippen molar-refractivity contribution in [3.63, 3.8) is 0 Å². The lowest BCUT2D eigenvalue weighted by Crippen LogP contribution is -2.12. The van der Waals surface area contributed by atoms with Crippen LogP contribution in [-0.4, -0.2) is 61.1 Å². The number of hydrogen-bond acceptors (Lipinski definition) is 7. The number of methoxy groups -OCH3 is 1. The van der Waals surface area contributed by atoms with Crippen LogP contribution in [-0.2, 0) is 36.9 Å². The Hall–Kier alpha value is -1.77. The number of nitrogens with zero attached hydrogens (tertiary/aromatic N) is 3. The molecule has 8 nitrogen and oxygen atoms in total. The molecule has 22 heavy (non-hydrogen) atoms. The first kappa shape index (κ1) is 18.3. The predicted molar refractivity (Wildman–Crippen MR) is 78.1 cm³/mol. The van der Waals surface area contributed by atoms with Crippen molar-refractivity contribution >= 4 is 5.97 Å². The standard InChI is InChI=1S/C14H23N3O5/c1-12(2)14(18)22-11-13-10-17(16-15-13)4-5-20-8-9-21-7-6-19-3/h10H,1,4-9,11H2,2-3H3. The lowest BCUT2D eigenvalue weighted by molar-refractivity contribution is -0.140. The predicted octanol–water partition coefficient (Wildman–Crippen LogP) is 0.577. The monoisotopic (exact) mass is 313 g/mol. The maximum atomic E-state index is 11.2. The summed E-state index contributed by atoms with van der Waals surface area (Å²) in [4.78, 5) is 11.2. The highest BCUT2D eigenvalue weighted by atomic mass is 16.5. The highest BCUT2D eigenvalue weighted by molar-refractivity contribution is 5.86. The zero-order valence-corrected chi connectivity index (χ0v) is 13.1. The first-order valence-corrected chi connectivity index (χ1v) is 6.99. The molecule has 124 valence electrons. The molecule has 0 aromatic carbocycles. The number of ether oxygens (including phenoxy) is 4. The third-order valence-electron chi connectivity index (χ3n) is 2.55. The molecule has 0 saturated heterocycles. The maximum absolute atomic E-state index is 11.2. The van der Waals surface area contributed by atoms with Crippen LogP contribution in [0.5, 0.6) is 0 Å². The van der Waals surface area contributed by atoms with Gasteiger partial charge in [0.25, 0.3) is 0 Å². The highest BCUT2D eigenvalue weighted by Crippen LogP contribution is 2.00. The molecule has 1 rings (SSSR count). The van der Waals surface area contributed by atoms with Gasteiger partial charge >= 0.3 is 5.97 Å². The Morgan fingerprint density at radius 3 is 2.59 bits per heavy atom. The van der Waals surface area contributed by atoms with Gasteiger partial charge in [0.1, 0.15) is 12.3 Å². The van der Waals surface area contributed by atoms with Crippen LogP contribution in [0.1, 0.15) is 12.6 Å². The molecule has 0 aliphatic heterocycles. The number of rotatable bonds is 12. The Labute approximate surface area is 130 Å². The summed E-state index contributed by atoms with van der Waals surface area (Å²) >= 11 is 0. The average molecular weight is 313 g/mol. The van der Waals surface area contributed by atoms with E-state index in [1.165, 1.54) is 0 Å². The Morgan fingerprint density at radius 1 is 1.23 bits per heavy atom. The minimum Gasteiger partial charge on any atom is -0.456 e. The molecule has 0 spiro atoms. The zero-order chi connectivity index (χ0) is 16.2. The van der Waals surface area contributed by atoms with Crippen LogP contribution in [0.3, 0.4) is 0 Å². The second kappa shape index (κ2) is 10.9. The Kier molecular flexibility index (Phi) is 9.04. The molecular weight excluding hydrogens is 290 g/mol. The van der Waals surface area contributed by atoms with Gasteiger partial charge < -0.3 is 18.9 Å². The Bertz CT molecular complexity index is 461. The Morgan fingerprint density at radius 2 is 1.91 bits per heavy atom. The van der Waals surface area contributed by atoms with Crippen LogP contribution in [0, 0.1) is 0 Å². The van der Waals surface area contributed by atoms with E-state index in [0.717, 1.165) is 0 Å². The van der Waals surface area contributed by atoms with Gasteiger partial charge in [-0.3, -0.25) is 0 Å². The summed E-state index contributed by atoms with van der Waals surface area (Å²) in [7, 11) is 1.63. The van der Waals surface area contributed by atoms with Crippen LogP contribution in [0.2, 0.25) is 0 Å². The lowest BCUT2D eigenvalue weighted by Gasteiger charge is -2.05. The van der Waals surface area contributed by atoms with Crippen molar-refractivity contribution in [1.82, 2.24) is 15.0 Å². The second-order valence-corrected chi connectivity index (χ2v) is 4.55. The largest absolute Gasteiger partial charge is 0.456 e. The van der Waals surface area contributed by atoms with Gasteiger partial charge in [-0.15, -0.1) is 5.10 Å². The van der Waals surface area contributed by atoms with Crippen LogP contribution in [0.25, 0.3) is 0 Å². The van der Waals surface area contributed by atoms with Crippen LogP contribution in [0.15, 0.2) is 18.3 Å². The topological polar surface area (TPSA) is 84.7 Å². The average Bonchev–Trinajstić information content (AvgIpc) is 2.95. The molecule has 1 heterocycles. The third kappa shape index (κ3) is 7.87. The summed E-state index contributed by atoms with van der Waals surface area (Å²) in [5, 5.41) is 7.83. The first-order chi connectivity index (χ1) is 10.6. The zero-order valence-electron chi connectivity index (χ0n) is 13.1. The molecular formula is C14H23N3O5. The molecule has 0 bridgehead atoms. The minimum atomic E-state index is -0.439. The molecule has 1 aromatic heterocycles. The van der Waals surface area contributed by atoms with Crippen molar-refractivity contribution in [2.24, 2.45) is 0 Å². The summed E-state index contributed by atoms with van der Waals surface area (Å²) in [6.45, 7) is 8.44. The quantitative estimate of drug-likeness (QED) is 0.317. The van der Waals surface area contributed by atoms with E-state index in [4.69, 9.17) is 18.9 Å². The van der Waals surface area contributed by atoms with E-state index in [2.05, 4.69) is 16.9 Å². The van der Waals surface area contributed by atoms with Gasteiger partial charge in [-0.2, -0.15) is 0 Å². The summed E-state index contributed by atoms with van der Waals surface area (Å²) in [5.74, 6) is -0.439. The summed E-state index contributed by atoms with van der Waals surface area (Å²) in [6, 6.07) is 0. The van der Waals surface area contributed by atoms with Gasteiger partial charge in [0.15, 0.2) is 0 Å². The number of carbonyl (C=O) groups is 1. The van der Waals surface area contributed by atoms with Crippen LogP contribution in [0.4, 0.5) is 0 Å². The number of aromatic nitrogens is 3. The van der Waals surface area contributed by atoms with E-state index in [0.29, 0.717) is 50.8 Å². The molecule has 0 atom stereocenters. The van der Waals surface area contributed by atoms with Crippen molar-refractivity contribution in [1.29, 1.82) is 0 Å². The van der Waals surface area contributed by atoms with Crippen molar-refractivity contribution < 1.29 is 23.7 Å². The smallest absolute Gasteiger partial charge is 0.333 e. The normalized spacial score (nSPS) is 10.6. The molecule has 0 aliphatic rings. The molecule has 0 fully saturated rings. The van der Waals surface area contributed by atoms with Crippen molar-refractivity contribution in [2.75, 3.05) is 40.1 Å². The van der Waals surface area contributed by atoms with Crippen LogP contribution < -0.4 is 0 Å². The minimum absolute atomic E-state index is 0.0832. The SMILES string of the molecule is C=C(C)C(=O)OCc1cn(CCOCCOCCOC)nn1. The summed E-state index contributed by atoms with van der Waals surface area (Å²) < 4.78 is 22.1. The second-order valence-electron chi connectivity index (χ2n) is 4.55. The maximum Gasteiger partial charge on any atom is 0.333 e. The van der Waals surface area contributed by atoms with Crippen LogP contribution >= 0.6 is 0 Å². The third-order valence-corrected chi connectivity index (χ3v) is 2.55. The van der Waals surface area contributed by atoms with Gasteiger partial charge in [0, 0.05) is 12.7 Å². The summed E-state index contributed by atoms with van der Waals surface area (Å²) in [6.07, 6.45) is 1.71. The van der Waals surface area contributed by atoms with E-state index < -0.39 is 5.97 Å². The van der Waals surface area contributed by atoms with E-state index in [1.54, 1.807) is 24.9 Å². The number of esters is 1.